The van der Waals surface area contributed by atoms with Gasteiger partial charge in [-0.25, -0.2) is 0 Å². The van der Waals surface area contributed by atoms with E-state index in [0.717, 1.165) is 19.6 Å². The van der Waals surface area contributed by atoms with Gasteiger partial charge in [0.1, 0.15) is 0 Å². The zero-order valence-electron chi connectivity index (χ0n) is 10.6. The zero-order chi connectivity index (χ0) is 12.7. The minimum absolute atomic E-state index is 0.0177. The maximum absolute atomic E-state index is 11.6. The number of piperazine rings is 1. The number of amides is 2. The largest absolute Gasteiger partial charge is 0.355 e. The van der Waals surface area contributed by atoms with Crippen molar-refractivity contribution in [1.82, 2.24) is 20.9 Å². The first-order chi connectivity index (χ1) is 8.09. The number of rotatable bonds is 5. The summed E-state index contributed by atoms with van der Waals surface area (Å²) in [6.07, 6.45) is 0. The van der Waals surface area contributed by atoms with E-state index in [1.165, 1.54) is 6.92 Å². The van der Waals surface area contributed by atoms with E-state index in [-0.39, 0.29) is 11.8 Å². The Labute approximate surface area is 102 Å². The first-order valence-electron chi connectivity index (χ1n) is 6.05. The molecule has 17 heavy (non-hydrogen) atoms. The van der Waals surface area contributed by atoms with Crippen LogP contribution in [0.1, 0.15) is 13.8 Å². The Hall–Kier alpha value is -1.14. The molecular formula is C11H22N4O2. The molecule has 6 nitrogen and oxygen atoms in total. The molecule has 0 radical (unpaired) electrons. The van der Waals surface area contributed by atoms with Crippen LogP contribution in [-0.4, -0.2) is 62.0 Å². The van der Waals surface area contributed by atoms with Gasteiger partial charge >= 0.3 is 0 Å². The van der Waals surface area contributed by atoms with Crippen molar-refractivity contribution in [2.75, 3.05) is 39.3 Å². The van der Waals surface area contributed by atoms with Gasteiger partial charge in [0.15, 0.2) is 0 Å². The molecule has 1 saturated heterocycles. The van der Waals surface area contributed by atoms with Crippen LogP contribution < -0.4 is 16.0 Å². The molecular weight excluding hydrogens is 220 g/mol. The van der Waals surface area contributed by atoms with E-state index in [9.17, 15) is 9.59 Å². The highest BCUT2D eigenvalue weighted by atomic mass is 16.2. The minimum Gasteiger partial charge on any atom is -0.355 e. The molecule has 0 spiro atoms. The van der Waals surface area contributed by atoms with Gasteiger partial charge in [-0.05, 0) is 6.92 Å². The smallest absolute Gasteiger partial charge is 0.234 e. The average molecular weight is 242 g/mol. The van der Waals surface area contributed by atoms with E-state index in [1.807, 2.05) is 0 Å². The number of nitrogens with zero attached hydrogens (tertiary/aromatic N) is 1. The predicted octanol–water partition coefficient (Wildman–Crippen LogP) is -1.47. The lowest BCUT2D eigenvalue weighted by atomic mass is 10.2. The molecule has 3 N–H and O–H groups in total. The van der Waals surface area contributed by atoms with Gasteiger partial charge in [0.25, 0.3) is 0 Å². The molecule has 98 valence electrons. The fourth-order valence-corrected chi connectivity index (χ4v) is 1.80. The summed E-state index contributed by atoms with van der Waals surface area (Å²) in [4.78, 5) is 24.4. The maximum atomic E-state index is 11.6. The highest BCUT2D eigenvalue weighted by Gasteiger charge is 2.19. The van der Waals surface area contributed by atoms with Crippen LogP contribution >= 0.6 is 0 Å². The summed E-state index contributed by atoms with van der Waals surface area (Å²) < 4.78 is 0. The SMILES string of the molecule is CC(=O)NCCNC(=O)CN1CCNC[C@H]1C. The van der Waals surface area contributed by atoms with Crippen molar-refractivity contribution in [3.63, 3.8) is 0 Å². The van der Waals surface area contributed by atoms with Crippen molar-refractivity contribution in [2.24, 2.45) is 0 Å². The molecule has 0 aromatic carbocycles. The summed E-state index contributed by atoms with van der Waals surface area (Å²) in [6.45, 7) is 7.74. The van der Waals surface area contributed by atoms with Crippen molar-refractivity contribution < 1.29 is 9.59 Å². The van der Waals surface area contributed by atoms with Crippen LogP contribution in [0.5, 0.6) is 0 Å². The fraction of sp³-hybridized carbons (Fsp3) is 0.818. The number of carbonyl (C=O) groups is 2. The Bertz CT molecular complexity index is 270. The molecule has 1 rings (SSSR count). The van der Waals surface area contributed by atoms with E-state index < -0.39 is 0 Å². The summed E-state index contributed by atoms with van der Waals surface area (Å²) in [5.74, 6) is -0.0564. The van der Waals surface area contributed by atoms with E-state index >= 15 is 0 Å². The van der Waals surface area contributed by atoms with Gasteiger partial charge in [0.05, 0.1) is 6.54 Å². The number of hydrogen-bond donors (Lipinski definition) is 3. The highest BCUT2D eigenvalue weighted by Crippen LogP contribution is 2.00. The number of carbonyl (C=O) groups excluding carboxylic acids is 2. The molecule has 0 aliphatic carbocycles. The third-order valence-corrected chi connectivity index (χ3v) is 2.81. The van der Waals surface area contributed by atoms with Gasteiger partial charge in [-0.15, -0.1) is 0 Å². The van der Waals surface area contributed by atoms with E-state index in [1.54, 1.807) is 0 Å². The Morgan fingerprint density at radius 3 is 2.71 bits per heavy atom. The highest BCUT2D eigenvalue weighted by molar-refractivity contribution is 5.78. The van der Waals surface area contributed by atoms with E-state index in [0.29, 0.717) is 25.7 Å². The van der Waals surface area contributed by atoms with Gasteiger partial charge < -0.3 is 16.0 Å². The second-order valence-corrected chi connectivity index (χ2v) is 4.36. The maximum Gasteiger partial charge on any atom is 0.234 e. The van der Waals surface area contributed by atoms with Crippen LogP contribution in [0, 0.1) is 0 Å². The Morgan fingerprint density at radius 1 is 1.35 bits per heavy atom. The first kappa shape index (κ1) is 13.9. The standard InChI is InChI=1S/C11H22N4O2/c1-9-7-12-5-6-15(9)8-11(17)14-4-3-13-10(2)16/h9,12H,3-8H2,1-2H3,(H,13,16)(H,14,17)/t9-/m1/s1. The molecule has 0 bridgehead atoms. The van der Waals surface area contributed by atoms with Crippen LogP contribution in [0.2, 0.25) is 0 Å². The second-order valence-electron chi connectivity index (χ2n) is 4.36. The molecule has 0 aromatic heterocycles. The second kappa shape index (κ2) is 7.24. The van der Waals surface area contributed by atoms with Crippen LogP contribution in [0.15, 0.2) is 0 Å². The van der Waals surface area contributed by atoms with Crippen LogP contribution in [-0.2, 0) is 9.59 Å². The fourth-order valence-electron chi connectivity index (χ4n) is 1.80. The predicted molar refractivity (Wildman–Crippen MR) is 65.6 cm³/mol. The molecule has 1 heterocycles. The monoisotopic (exact) mass is 242 g/mol. The molecule has 6 heteroatoms. The molecule has 1 fully saturated rings. The lowest BCUT2D eigenvalue weighted by molar-refractivity contribution is -0.123. The van der Waals surface area contributed by atoms with Crippen LogP contribution in [0.25, 0.3) is 0 Å². The molecule has 1 aliphatic heterocycles. The normalized spacial score (nSPS) is 20.9. The van der Waals surface area contributed by atoms with Crippen molar-refractivity contribution >= 4 is 11.8 Å². The summed E-state index contributed by atoms with van der Waals surface area (Å²) in [5.41, 5.74) is 0. The van der Waals surface area contributed by atoms with Crippen LogP contribution in [0.3, 0.4) is 0 Å². The quantitative estimate of drug-likeness (QED) is 0.515. The van der Waals surface area contributed by atoms with Crippen molar-refractivity contribution in [1.29, 1.82) is 0 Å². The van der Waals surface area contributed by atoms with Gasteiger partial charge in [0, 0.05) is 45.7 Å². The molecule has 0 saturated carbocycles. The lowest BCUT2D eigenvalue weighted by Gasteiger charge is -2.33. The van der Waals surface area contributed by atoms with Crippen molar-refractivity contribution in [3.05, 3.63) is 0 Å². The summed E-state index contributed by atoms with van der Waals surface area (Å²) in [7, 11) is 0. The van der Waals surface area contributed by atoms with E-state index in [4.69, 9.17) is 0 Å². The molecule has 0 unspecified atom stereocenters. The number of hydrogen-bond acceptors (Lipinski definition) is 4. The minimum atomic E-state index is -0.0741. The molecule has 1 aliphatic rings. The first-order valence-corrected chi connectivity index (χ1v) is 6.05. The van der Waals surface area contributed by atoms with Gasteiger partial charge in [-0.3, -0.25) is 14.5 Å². The Kier molecular flexibility index (Phi) is 5.93. The molecule has 1 atom stereocenters. The topological polar surface area (TPSA) is 73.5 Å². The van der Waals surface area contributed by atoms with E-state index in [2.05, 4.69) is 27.8 Å². The third-order valence-electron chi connectivity index (χ3n) is 2.81. The van der Waals surface area contributed by atoms with Gasteiger partial charge in [-0.2, -0.15) is 0 Å². The van der Waals surface area contributed by atoms with Gasteiger partial charge in [-0.1, -0.05) is 0 Å². The molecule has 0 aromatic rings. The summed E-state index contributed by atoms with van der Waals surface area (Å²) >= 11 is 0. The lowest BCUT2D eigenvalue weighted by Crippen LogP contribution is -2.53. The summed E-state index contributed by atoms with van der Waals surface area (Å²) in [6, 6.07) is 0.393. The molecule has 2 amide bonds. The average Bonchev–Trinajstić information content (AvgIpc) is 2.27. The zero-order valence-corrected chi connectivity index (χ0v) is 10.6. The van der Waals surface area contributed by atoms with Crippen molar-refractivity contribution in [2.45, 2.75) is 19.9 Å². The van der Waals surface area contributed by atoms with Gasteiger partial charge in [0.2, 0.25) is 11.8 Å². The Balaban J connectivity index is 2.13. The van der Waals surface area contributed by atoms with Crippen molar-refractivity contribution in [3.8, 4) is 0 Å². The summed E-state index contributed by atoms with van der Waals surface area (Å²) in [5, 5.41) is 8.71. The third kappa shape index (κ3) is 5.65. The number of nitrogens with one attached hydrogen (secondary N) is 3. The van der Waals surface area contributed by atoms with Crippen LogP contribution in [0.4, 0.5) is 0 Å². The Morgan fingerprint density at radius 2 is 2.06 bits per heavy atom.